The normalized spacial score (nSPS) is 11.9. The van der Waals surface area contributed by atoms with E-state index in [0.717, 1.165) is 10.8 Å². The van der Waals surface area contributed by atoms with Crippen LogP contribution in [0.5, 0.6) is 11.6 Å². The van der Waals surface area contributed by atoms with E-state index in [1.54, 1.807) is 17.0 Å². The van der Waals surface area contributed by atoms with E-state index in [0.29, 0.717) is 17.3 Å². The fourth-order valence-corrected chi connectivity index (χ4v) is 3.09. The van der Waals surface area contributed by atoms with Gasteiger partial charge < -0.3 is 24.8 Å². The molecule has 2 aromatic carbocycles. The highest BCUT2D eigenvalue weighted by molar-refractivity contribution is 5.89. The number of hydrogen-bond acceptors (Lipinski definition) is 5. The van der Waals surface area contributed by atoms with Crippen molar-refractivity contribution in [3.8, 4) is 11.6 Å². The van der Waals surface area contributed by atoms with Crippen molar-refractivity contribution < 1.29 is 19.4 Å². The third kappa shape index (κ3) is 5.39. The molecule has 0 saturated heterocycles. The second-order valence-electron chi connectivity index (χ2n) is 7.21. The van der Waals surface area contributed by atoms with Crippen LogP contribution in [-0.4, -0.2) is 53.4 Å². The molecule has 0 fully saturated rings. The van der Waals surface area contributed by atoms with Crippen LogP contribution in [-0.2, 0) is 0 Å². The molecule has 2 amide bonds. The van der Waals surface area contributed by atoms with Crippen LogP contribution in [0.3, 0.4) is 0 Å². The molecule has 1 unspecified atom stereocenters. The molecule has 0 aliphatic heterocycles. The van der Waals surface area contributed by atoms with E-state index < -0.39 is 6.10 Å². The number of hydrogen-bond donors (Lipinski definition) is 2. The number of anilines is 1. The maximum absolute atomic E-state index is 12.7. The number of carbonyl (C=O) groups is 1. The molecular formula is C23H27N3O4. The number of urea groups is 1. The maximum atomic E-state index is 12.7. The third-order valence-corrected chi connectivity index (χ3v) is 4.67. The van der Waals surface area contributed by atoms with Gasteiger partial charge in [-0.2, -0.15) is 0 Å². The summed E-state index contributed by atoms with van der Waals surface area (Å²) in [6.45, 7) is 4.00. The standard InChI is InChI=1S/C23H27N3O4/c1-16(2)26(23(28)25-18-11-12-22(29-3)24-13-18)14-19(27)15-30-21-10-6-8-17-7-4-5-9-20(17)21/h4-13,16,19,27H,14-15H2,1-3H3,(H,25,28). The zero-order valence-corrected chi connectivity index (χ0v) is 17.4. The lowest BCUT2D eigenvalue weighted by atomic mass is 10.1. The Hall–Kier alpha value is -3.32. The Morgan fingerprint density at radius 3 is 2.60 bits per heavy atom. The van der Waals surface area contributed by atoms with Crippen molar-refractivity contribution in [2.75, 3.05) is 25.6 Å². The van der Waals surface area contributed by atoms with E-state index in [4.69, 9.17) is 9.47 Å². The number of aliphatic hydroxyl groups is 1. The summed E-state index contributed by atoms with van der Waals surface area (Å²) in [4.78, 5) is 18.3. The molecule has 30 heavy (non-hydrogen) atoms. The fraction of sp³-hybridized carbons (Fsp3) is 0.304. The molecule has 0 aliphatic rings. The van der Waals surface area contributed by atoms with E-state index in [-0.39, 0.29) is 25.2 Å². The molecule has 7 heteroatoms. The largest absolute Gasteiger partial charge is 0.490 e. The Morgan fingerprint density at radius 2 is 1.90 bits per heavy atom. The van der Waals surface area contributed by atoms with Gasteiger partial charge in [0.1, 0.15) is 18.5 Å². The van der Waals surface area contributed by atoms with Gasteiger partial charge in [-0.15, -0.1) is 0 Å². The summed E-state index contributed by atoms with van der Waals surface area (Å²) in [5, 5.41) is 15.4. The minimum atomic E-state index is -0.842. The number of ether oxygens (including phenoxy) is 2. The lowest BCUT2D eigenvalue weighted by molar-refractivity contribution is 0.0722. The molecule has 2 N–H and O–H groups in total. The van der Waals surface area contributed by atoms with E-state index in [1.165, 1.54) is 13.3 Å². The number of carbonyl (C=O) groups excluding carboxylic acids is 1. The molecule has 0 radical (unpaired) electrons. The van der Waals surface area contributed by atoms with Crippen molar-refractivity contribution in [3.05, 3.63) is 60.8 Å². The van der Waals surface area contributed by atoms with Gasteiger partial charge in [0.2, 0.25) is 5.88 Å². The average molecular weight is 409 g/mol. The van der Waals surface area contributed by atoms with E-state index in [2.05, 4.69) is 10.3 Å². The van der Waals surface area contributed by atoms with Gasteiger partial charge in [-0.05, 0) is 31.4 Å². The van der Waals surface area contributed by atoms with Gasteiger partial charge in [0.15, 0.2) is 0 Å². The number of nitrogens with zero attached hydrogens (tertiary/aromatic N) is 2. The zero-order valence-electron chi connectivity index (χ0n) is 17.4. The highest BCUT2D eigenvalue weighted by Crippen LogP contribution is 2.25. The van der Waals surface area contributed by atoms with Crippen LogP contribution < -0.4 is 14.8 Å². The smallest absolute Gasteiger partial charge is 0.322 e. The first-order chi connectivity index (χ1) is 14.5. The molecule has 1 heterocycles. The predicted molar refractivity (Wildman–Crippen MR) is 117 cm³/mol. The van der Waals surface area contributed by atoms with Crippen molar-refractivity contribution in [1.29, 1.82) is 0 Å². The maximum Gasteiger partial charge on any atom is 0.322 e. The minimum absolute atomic E-state index is 0.0780. The van der Waals surface area contributed by atoms with Crippen LogP contribution in [0.2, 0.25) is 0 Å². The Balaban J connectivity index is 1.60. The average Bonchev–Trinajstić information content (AvgIpc) is 2.76. The molecule has 0 spiro atoms. The quantitative estimate of drug-likeness (QED) is 0.589. The highest BCUT2D eigenvalue weighted by atomic mass is 16.5. The predicted octanol–water partition coefficient (Wildman–Crippen LogP) is 3.93. The van der Waals surface area contributed by atoms with Gasteiger partial charge in [0, 0.05) is 17.5 Å². The Kier molecular flexibility index (Phi) is 7.08. The first kappa shape index (κ1) is 21.4. The molecule has 3 aromatic rings. The lowest BCUT2D eigenvalue weighted by Crippen LogP contribution is -2.45. The summed E-state index contributed by atoms with van der Waals surface area (Å²) in [6.07, 6.45) is 0.682. The number of methoxy groups -OCH3 is 1. The van der Waals surface area contributed by atoms with E-state index in [1.807, 2.05) is 56.3 Å². The summed E-state index contributed by atoms with van der Waals surface area (Å²) in [7, 11) is 1.53. The van der Waals surface area contributed by atoms with Gasteiger partial charge in [-0.1, -0.05) is 36.4 Å². The third-order valence-electron chi connectivity index (χ3n) is 4.67. The van der Waals surface area contributed by atoms with Crippen molar-refractivity contribution >= 4 is 22.5 Å². The molecule has 1 atom stereocenters. The SMILES string of the molecule is COc1ccc(NC(=O)N(CC(O)COc2cccc3ccccc23)C(C)C)cn1. The molecule has 158 valence electrons. The van der Waals surface area contributed by atoms with E-state index >= 15 is 0 Å². The summed E-state index contributed by atoms with van der Waals surface area (Å²) in [5.74, 6) is 1.17. The molecule has 0 saturated carbocycles. The Labute approximate surface area is 176 Å². The zero-order chi connectivity index (χ0) is 21.5. The van der Waals surface area contributed by atoms with Crippen LogP contribution in [0.4, 0.5) is 10.5 Å². The number of fused-ring (bicyclic) bond motifs is 1. The summed E-state index contributed by atoms with van der Waals surface area (Å²) >= 11 is 0. The number of benzene rings is 2. The van der Waals surface area contributed by atoms with Gasteiger partial charge >= 0.3 is 6.03 Å². The molecule has 0 bridgehead atoms. The number of rotatable bonds is 8. The Bertz CT molecular complexity index is 970. The van der Waals surface area contributed by atoms with Crippen molar-refractivity contribution in [3.63, 3.8) is 0 Å². The first-order valence-corrected chi connectivity index (χ1v) is 9.84. The second-order valence-corrected chi connectivity index (χ2v) is 7.21. The highest BCUT2D eigenvalue weighted by Gasteiger charge is 2.21. The number of amides is 2. The van der Waals surface area contributed by atoms with Crippen molar-refractivity contribution in [2.24, 2.45) is 0 Å². The summed E-state index contributed by atoms with van der Waals surface area (Å²) in [6, 6.07) is 16.7. The van der Waals surface area contributed by atoms with Gasteiger partial charge in [-0.3, -0.25) is 0 Å². The van der Waals surface area contributed by atoms with Crippen molar-refractivity contribution in [1.82, 2.24) is 9.88 Å². The van der Waals surface area contributed by atoms with Gasteiger partial charge in [0.25, 0.3) is 0 Å². The Morgan fingerprint density at radius 1 is 1.13 bits per heavy atom. The van der Waals surface area contributed by atoms with Crippen LogP contribution >= 0.6 is 0 Å². The molecule has 3 rings (SSSR count). The number of aliphatic hydroxyl groups excluding tert-OH is 1. The minimum Gasteiger partial charge on any atom is -0.490 e. The van der Waals surface area contributed by atoms with E-state index in [9.17, 15) is 9.90 Å². The van der Waals surface area contributed by atoms with Crippen LogP contribution in [0.15, 0.2) is 60.8 Å². The number of nitrogens with one attached hydrogen (secondary N) is 1. The topological polar surface area (TPSA) is 83.9 Å². The van der Waals surface area contributed by atoms with Crippen LogP contribution in [0, 0.1) is 0 Å². The van der Waals surface area contributed by atoms with Gasteiger partial charge in [0.05, 0.1) is 25.5 Å². The van der Waals surface area contributed by atoms with Crippen molar-refractivity contribution in [2.45, 2.75) is 26.0 Å². The summed E-state index contributed by atoms with van der Waals surface area (Å²) < 4.78 is 10.9. The number of aromatic nitrogens is 1. The van der Waals surface area contributed by atoms with Gasteiger partial charge in [-0.25, -0.2) is 9.78 Å². The molecule has 0 aliphatic carbocycles. The molecule has 1 aromatic heterocycles. The van der Waals surface area contributed by atoms with Crippen LogP contribution in [0.1, 0.15) is 13.8 Å². The monoisotopic (exact) mass is 409 g/mol. The van der Waals surface area contributed by atoms with Crippen LogP contribution in [0.25, 0.3) is 10.8 Å². The second kappa shape index (κ2) is 9.93. The lowest BCUT2D eigenvalue weighted by Gasteiger charge is -2.29. The molecule has 7 nitrogen and oxygen atoms in total. The fourth-order valence-electron chi connectivity index (χ4n) is 3.09. The first-order valence-electron chi connectivity index (χ1n) is 9.84. The number of pyridine rings is 1. The summed E-state index contributed by atoms with van der Waals surface area (Å²) in [5.41, 5.74) is 0.549. The molecular weight excluding hydrogens is 382 g/mol.